The van der Waals surface area contributed by atoms with Gasteiger partial charge in [-0.05, 0) is 11.1 Å². The van der Waals surface area contributed by atoms with Crippen LogP contribution in [0.5, 0.6) is 0 Å². The molecule has 0 saturated carbocycles. The molecule has 3 rings (SSSR count). The molecule has 0 bridgehead atoms. The summed E-state index contributed by atoms with van der Waals surface area (Å²) in [5.74, 6) is -0.476. The first-order valence-electron chi connectivity index (χ1n) is 7.32. The number of carbonyl (C=O) groups excluding carboxylic acids is 1. The monoisotopic (exact) mass is 307 g/mol. The number of nitrogens with one attached hydrogen (secondary N) is 1. The molecule has 0 radical (unpaired) electrons. The Labute approximate surface area is 134 Å². The highest BCUT2D eigenvalue weighted by molar-refractivity contribution is 5.94. The van der Waals surface area contributed by atoms with E-state index in [1.54, 1.807) is 41.3 Å². The SMILES string of the molecule is O=C(Nc1cnn(Cc2ccccc2)c1)C(O)c1ccccc1. The molecule has 0 aliphatic heterocycles. The molecule has 1 atom stereocenters. The third-order valence-electron chi connectivity index (χ3n) is 3.45. The van der Waals surface area contributed by atoms with E-state index in [-0.39, 0.29) is 0 Å². The van der Waals surface area contributed by atoms with Crippen molar-refractivity contribution in [2.45, 2.75) is 12.6 Å². The lowest BCUT2D eigenvalue weighted by atomic mass is 10.1. The van der Waals surface area contributed by atoms with Gasteiger partial charge in [-0.2, -0.15) is 5.10 Å². The molecule has 116 valence electrons. The zero-order chi connectivity index (χ0) is 16.1. The van der Waals surface area contributed by atoms with E-state index in [0.717, 1.165) is 5.56 Å². The van der Waals surface area contributed by atoms with E-state index in [9.17, 15) is 9.90 Å². The summed E-state index contributed by atoms with van der Waals surface area (Å²) < 4.78 is 1.74. The highest BCUT2D eigenvalue weighted by atomic mass is 16.3. The summed E-state index contributed by atoms with van der Waals surface area (Å²) in [6.45, 7) is 0.623. The van der Waals surface area contributed by atoms with Crippen LogP contribution in [-0.2, 0) is 11.3 Å². The minimum absolute atomic E-state index is 0.476. The fraction of sp³-hybridized carbons (Fsp3) is 0.111. The van der Waals surface area contributed by atoms with Crippen molar-refractivity contribution >= 4 is 11.6 Å². The van der Waals surface area contributed by atoms with Crippen LogP contribution in [-0.4, -0.2) is 20.8 Å². The molecule has 0 spiro atoms. The van der Waals surface area contributed by atoms with Crippen LogP contribution in [0.25, 0.3) is 0 Å². The molecule has 2 N–H and O–H groups in total. The average Bonchev–Trinajstić information content (AvgIpc) is 3.02. The second-order valence-electron chi connectivity index (χ2n) is 5.21. The Kier molecular flexibility index (Phi) is 4.49. The minimum atomic E-state index is -1.20. The molecule has 1 unspecified atom stereocenters. The maximum absolute atomic E-state index is 12.1. The second-order valence-corrected chi connectivity index (χ2v) is 5.21. The normalized spacial score (nSPS) is 11.9. The Balaban J connectivity index is 1.63. The summed E-state index contributed by atoms with van der Waals surface area (Å²) >= 11 is 0. The molecule has 0 saturated heterocycles. The van der Waals surface area contributed by atoms with E-state index in [0.29, 0.717) is 17.8 Å². The largest absolute Gasteiger partial charge is 0.378 e. The van der Waals surface area contributed by atoms with Gasteiger partial charge >= 0.3 is 0 Å². The van der Waals surface area contributed by atoms with E-state index >= 15 is 0 Å². The molecule has 5 nitrogen and oxygen atoms in total. The summed E-state index contributed by atoms with van der Waals surface area (Å²) in [5.41, 5.74) is 2.24. The Bertz CT molecular complexity index is 769. The quantitative estimate of drug-likeness (QED) is 0.761. The zero-order valence-electron chi connectivity index (χ0n) is 12.5. The van der Waals surface area contributed by atoms with Crippen molar-refractivity contribution < 1.29 is 9.90 Å². The highest BCUT2D eigenvalue weighted by Gasteiger charge is 2.17. The van der Waals surface area contributed by atoms with Crippen molar-refractivity contribution in [2.75, 3.05) is 5.32 Å². The van der Waals surface area contributed by atoms with Crippen LogP contribution in [0.3, 0.4) is 0 Å². The molecule has 0 aliphatic rings. The van der Waals surface area contributed by atoms with Gasteiger partial charge in [-0.1, -0.05) is 60.7 Å². The van der Waals surface area contributed by atoms with Gasteiger partial charge in [-0.3, -0.25) is 9.48 Å². The van der Waals surface area contributed by atoms with Gasteiger partial charge in [0, 0.05) is 6.20 Å². The second kappa shape index (κ2) is 6.89. The fourth-order valence-electron chi connectivity index (χ4n) is 2.28. The maximum Gasteiger partial charge on any atom is 0.257 e. The van der Waals surface area contributed by atoms with Crippen LogP contribution in [0, 0.1) is 0 Å². The molecule has 2 aromatic carbocycles. The number of amides is 1. The van der Waals surface area contributed by atoms with Gasteiger partial charge in [-0.25, -0.2) is 0 Å². The van der Waals surface area contributed by atoms with Crippen molar-refractivity contribution in [3.63, 3.8) is 0 Å². The van der Waals surface area contributed by atoms with Gasteiger partial charge in [0.05, 0.1) is 18.4 Å². The van der Waals surface area contributed by atoms with Crippen molar-refractivity contribution in [2.24, 2.45) is 0 Å². The first-order chi connectivity index (χ1) is 11.2. The van der Waals surface area contributed by atoms with Crippen LogP contribution in [0.15, 0.2) is 73.1 Å². The fourth-order valence-corrected chi connectivity index (χ4v) is 2.28. The van der Waals surface area contributed by atoms with Crippen molar-refractivity contribution in [3.05, 3.63) is 84.2 Å². The molecule has 5 heteroatoms. The van der Waals surface area contributed by atoms with Gasteiger partial charge in [0.2, 0.25) is 0 Å². The third-order valence-corrected chi connectivity index (χ3v) is 3.45. The number of carbonyl (C=O) groups is 1. The Morgan fingerprint density at radius 1 is 1.09 bits per heavy atom. The Morgan fingerprint density at radius 2 is 1.74 bits per heavy atom. The maximum atomic E-state index is 12.1. The van der Waals surface area contributed by atoms with Crippen LogP contribution in [0.1, 0.15) is 17.2 Å². The number of anilines is 1. The topological polar surface area (TPSA) is 67.2 Å². The molecule has 3 aromatic rings. The highest BCUT2D eigenvalue weighted by Crippen LogP contribution is 2.15. The lowest BCUT2D eigenvalue weighted by Gasteiger charge is -2.10. The smallest absolute Gasteiger partial charge is 0.257 e. The summed E-state index contributed by atoms with van der Waals surface area (Å²) in [7, 11) is 0. The number of hydrogen-bond donors (Lipinski definition) is 2. The lowest BCUT2D eigenvalue weighted by molar-refractivity contribution is -0.124. The molecule has 1 aromatic heterocycles. The van der Waals surface area contributed by atoms with Crippen molar-refractivity contribution in [1.29, 1.82) is 0 Å². The summed E-state index contributed by atoms with van der Waals surface area (Å²) in [5, 5.41) is 16.9. The van der Waals surface area contributed by atoms with E-state index in [4.69, 9.17) is 0 Å². The number of nitrogens with zero attached hydrogens (tertiary/aromatic N) is 2. The molecule has 23 heavy (non-hydrogen) atoms. The number of aromatic nitrogens is 2. The minimum Gasteiger partial charge on any atom is -0.378 e. The number of aliphatic hydroxyl groups is 1. The van der Waals surface area contributed by atoms with Crippen molar-refractivity contribution in [3.8, 4) is 0 Å². The molecular weight excluding hydrogens is 290 g/mol. The lowest BCUT2D eigenvalue weighted by Crippen LogP contribution is -2.20. The van der Waals surface area contributed by atoms with Gasteiger partial charge < -0.3 is 10.4 Å². The molecule has 0 fully saturated rings. The average molecular weight is 307 g/mol. The standard InChI is InChI=1S/C18H17N3O2/c22-17(15-9-5-2-6-10-15)18(23)20-16-11-19-21(13-16)12-14-7-3-1-4-8-14/h1-11,13,17,22H,12H2,(H,20,23). The predicted octanol–water partition coefficient (Wildman–Crippen LogP) is 2.60. The van der Waals surface area contributed by atoms with Gasteiger partial charge in [0.1, 0.15) is 0 Å². The van der Waals surface area contributed by atoms with E-state index in [1.807, 2.05) is 36.4 Å². The summed E-state index contributed by atoms with van der Waals surface area (Å²) in [6, 6.07) is 18.7. The summed E-state index contributed by atoms with van der Waals surface area (Å²) in [6.07, 6.45) is 2.11. The Hall–Kier alpha value is -2.92. The number of aliphatic hydroxyl groups excluding tert-OH is 1. The van der Waals surface area contributed by atoms with Gasteiger partial charge in [0.15, 0.2) is 6.10 Å². The van der Waals surface area contributed by atoms with Gasteiger partial charge in [0.25, 0.3) is 5.91 Å². The van der Waals surface area contributed by atoms with Crippen molar-refractivity contribution in [1.82, 2.24) is 9.78 Å². The van der Waals surface area contributed by atoms with Crippen LogP contribution in [0.4, 0.5) is 5.69 Å². The van der Waals surface area contributed by atoms with Crippen LogP contribution >= 0.6 is 0 Å². The van der Waals surface area contributed by atoms with E-state index in [1.165, 1.54) is 0 Å². The third kappa shape index (κ3) is 3.84. The molecule has 1 heterocycles. The number of benzene rings is 2. The van der Waals surface area contributed by atoms with E-state index in [2.05, 4.69) is 10.4 Å². The summed E-state index contributed by atoms with van der Waals surface area (Å²) in [4.78, 5) is 12.1. The molecule has 1 amide bonds. The number of rotatable bonds is 5. The molecular formula is C18H17N3O2. The predicted molar refractivity (Wildman–Crippen MR) is 87.8 cm³/mol. The molecule has 0 aliphatic carbocycles. The Morgan fingerprint density at radius 3 is 2.43 bits per heavy atom. The van der Waals surface area contributed by atoms with E-state index < -0.39 is 12.0 Å². The first kappa shape index (κ1) is 15.0. The van der Waals surface area contributed by atoms with Crippen LogP contribution < -0.4 is 5.32 Å². The zero-order valence-corrected chi connectivity index (χ0v) is 12.5. The van der Waals surface area contributed by atoms with Crippen LogP contribution in [0.2, 0.25) is 0 Å². The van der Waals surface area contributed by atoms with Gasteiger partial charge in [-0.15, -0.1) is 0 Å². The first-order valence-corrected chi connectivity index (χ1v) is 7.32. The number of hydrogen-bond acceptors (Lipinski definition) is 3.